The van der Waals surface area contributed by atoms with E-state index in [-0.39, 0.29) is 5.91 Å². The number of primary amides is 1. The Bertz CT molecular complexity index is 835. The predicted molar refractivity (Wildman–Crippen MR) is 119 cm³/mol. The number of hydrogen-bond donors (Lipinski definition) is 1. The second-order valence-corrected chi connectivity index (χ2v) is 8.00. The molecule has 29 heavy (non-hydrogen) atoms. The number of hydrogen-bond acceptors (Lipinski definition) is 3. The summed E-state index contributed by atoms with van der Waals surface area (Å²) in [6.45, 7) is 8.48. The number of carbonyl (C=O) groups is 1. The first-order valence-electron chi connectivity index (χ1n) is 11.0. The molecule has 2 N–H and O–H groups in total. The number of amides is 1. The highest BCUT2D eigenvalue weighted by Crippen LogP contribution is 2.38. The highest BCUT2D eigenvalue weighted by molar-refractivity contribution is 6.03. The topological polar surface area (TPSA) is 60.5 Å². The van der Waals surface area contributed by atoms with E-state index in [9.17, 15) is 4.79 Å². The maximum absolute atomic E-state index is 12.5. The third-order valence-corrected chi connectivity index (χ3v) is 6.11. The SMILES string of the molecule is CCCCc1c(-c2ccccc2OC)c(C(N)=O)c(C)n1CCN1CCCCC1. The lowest BCUT2D eigenvalue weighted by Crippen LogP contribution is -2.33. The minimum atomic E-state index is -0.363. The quantitative estimate of drug-likeness (QED) is 0.682. The van der Waals surface area contributed by atoms with Crippen LogP contribution in [-0.4, -0.2) is 42.1 Å². The van der Waals surface area contributed by atoms with Crippen LogP contribution in [-0.2, 0) is 13.0 Å². The van der Waals surface area contributed by atoms with Crippen molar-refractivity contribution in [2.24, 2.45) is 5.73 Å². The summed E-state index contributed by atoms with van der Waals surface area (Å²) in [5, 5.41) is 0. The largest absolute Gasteiger partial charge is 0.496 e. The van der Waals surface area contributed by atoms with Gasteiger partial charge < -0.3 is 19.9 Å². The second-order valence-electron chi connectivity index (χ2n) is 8.00. The average molecular weight is 398 g/mol. The van der Waals surface area contributed by atoms with E-state index in [1.54, 1.807) is 7.11 Å². The molecule has 1 fully saturated rings. The van der Waals surface area contributed by atoms with Crippen LogP contribution in [0.4, 0.5) is 0 Å². The molecule has 0 aliphatic carbocycles. The molecule has 5 nitrogen and oxygen atoms in total. The summed E-state index contributed by atoms with van der Waals surface area (Å²) in [5.74, 6) is 0.416. The molecule has 0 radical (unpaired) electrons. The monoisotopic (exact) mass is 397 g/mol. The molecular weight excluding hydrogens is 362 g/mol. The number of aromatic nitrogens is 1. The highest BCUT2D eigenvalue weighted by Gasteiger charge is 2.26. The van der Waals surface area contributed by atoms with Crippen LogP contribution >= 0.6 is 0 Å². The van der Waals surface area contributed by atoms with Crippen molar-refractivity contribution >= 4 is 5.91 Å². The van der Waals surface area contributed by atoms with Crippen molar-refractivity contribution in [3.63, 3.8) is 0 Å². The molecule has 2 aromatic rings. The van der Waals surface area contributed by atoms with E-state index < -0.39 is 0 Å². The number of para-hydroxylation sites is 1. The van der Waals surface area contributed by atoms with Crippen LogP contribution < -0.4 is 10.5 Å². The Labute approximate surface area is 174 Å². The van der Waals surface area contributed by atoms with E-state index in [4.69, 9.17) is 10.5 Å². The maximum Gasteiger partial charge on any atom is 0.251 e. The lowest BCUT2D eigenvalue weighted by atomic mass is 9.97. The summed E-state index contributed by atoms with van der Waals surface area (Å²) in [4.78, 5) is 15.1. The van der Waals surface area contributed by atoms with Gasteiger partial charge in [0.2, 0.25) is 0 Å². The van der Waals surface area contributed by atoms with Crippen LogP contribution in [0.15, 0.2) is 24.3 Å². The molecule has 1 saturated heterocycles. The molecular formula is C24H35N3O2. The fourth-order valence-corrected chi connectivity index (χ4v) is 4.57. The average Bonchev–Trinajstić information content (AvgIpc) is 3.02. The number of unbranched alkanes of at least 4 members (excludes halogenated alkanes) is 1. The Balaban J connectivity index is 2.08. The number of nitrogens with zero attached hydrogens (tertiary/aromatic N) is 2. The van der Waals surface area contributed by atoms with Gasteiger partial charge in [0.15, 0.2) is 0 Å². The number of methoxy groups -OCH3 is 1. The maximum atomic E-state index is 12.5. The lowest BCUT2D eigenvalue weighted by molar-refractivity contribution is 0.1000. The van der Waals surface area contributed by atoms with Crippen molar-refractivity contribution in [3.05, 3.63) is 41.2 Å². The highest BCUT2D eigenvalue weighted by atomic mass is 16.5. The van der Waals surface area contributed by atoms with Gasteiger partial charge in [0.05, 0.1) is 12.7 Å². The molecule has 0 saturated carbocycles. The van der Waals surface area contributed by atoms with Crippen molar-refractivity contribution in [2.45, 2.75) is 58.9 Å². The summed E-state index contributed by atoms with van der Waals surface area (Å²) in [6, 6.07) is 7.93. The summed E-state index contributed by atoms with van der Waals surface area (Å²) < 4.78 is 7.97. The number of piperidine rings is 1. The summed E-state index contributed by atoms with van der Waals surface area (Å²) in [6.07, 6.45) is 7.02. The first-order valence-corrected chi connectivity index (χ1v) is 11.0. The molecule has 0 bridgehead atoms. The van der Waals surface area contributed by atoms with Gasteiger partial charge >= 0.3 is 0 Å². The van der Waals surface area contributed by atoms with Gasteiger partial charge in [0.25, 0.3) is 5.91 Å². The smallest absolute Gasteiger partial charge is 0.251 e. The lowest BCUT2D eigenvalue weighted by Gasteiger charge is -2.27. The molecule has 0 atom stereocenters. The Morgan fingerprint density at radius 1 is 1.14 bits per heavy atom. The Kier molecular flexibility index (Phi) is 7.37. The normalized spacial score (nSPS) is 14.9. The number of benzene rings is 1. The van der Waals surface area contributed by atoms with E-state index in [0.29, 0.717) is 5.56 Å². The molecule has 3 rings (SSSR count). The van der Waals surface area contributed by atoms with Gasteiger partial charge in [-0.2, -0.15) is 0 Å². The summed E-state index contributed by atoms with van der Waals surface area (Å²) >= 11 is 0. The van der Waals surface area contributed by atoms with Crippen molar-refractivity contribution in [1.82, 2.24) is 9.47 Å². The van der Waals surface area contributed by atoms with Gasteiger partial charge in [-0.05, 0) is 51.8 Å². The Morgan fingerprint density at radius 2 is 1.86 bits per heavy atom. The molecule has 1 aromatic heterocycles. The zero-order valence-corrected chi connectivity index (χ0v) is 18.2. The second kappa shape index (κ2) is 9.97. The molecule has 5 heteroatoms. The zero-order valence-electron chi connectivity index (χ0n) is 18.2. The van der Waals surface area contributed by atoms with Gasteiger partial charge in [-0.15, -0.1) is 0 Å². The molecule has 1 amide bonds. The minimum Gasteiger partial charge on any atom is -0.496 e. The van der Waals surface area contributed by atoms with Crippen LogP contribution in [0.3, 0.4) is 0 Å². The van der Waals surface area contributed by atoms with E-state index >= 15 is 0 Å². The molecule has 0 spiro atoms. The summed E-state index contributed by atoms with van der Waals surface area (Å²) in [7, 11) is 1.68. The van der Waals surface area contributed by atoms with Crippen molar-refractivity contribution in [1.29, 1.82) is 0 Å². The third kappa shape index (κ3) is 4.67. The van der Waals surface area contributed by atoms with Gasteiger partial charge in [-0.3, -0.25) is 4.79 Å². The van der Waals surface area contributed by atoms with Gasteiger partial charge in [0.1, 0.15) is 5.75 Å². The number of carbonyl (C=O) groups excluding carboxylic acids is 1. The standard InChI is InChI=1S/C24H35N3O2/c1-4-5-12-20-23(19-11-7-8-13-21(19)29-3)22(24(25)28)18(2)27(20)17-16-26-14-9-6-10-15-26/h7-8,11,13H,4-6,9-10,12,14-17H2,1-3H3,(H2,25,28). The number of likely N-dealkylation sites (tertiary alicyclic amines) is 1. The molecule has 1 aliphatic rings. The van der Waals surface area contributed by atoms with Crippen LogP contribution in [0.2, 0.25) is 0 Å². The van der Waals surface area contributed by atoms with Crippen molar-refractivity contribution in [3.8, 4) is 16.9 Å². The number of nitrogens with two attached hydrogens (primary N) is 1. The summed E-state index contributed by atoms with van der Waals surface area (Å²) in [5.41, 5.74) is 10.6. The van der Waals surface area contributed by atoms with E-state index in [1.165, 1.54) is 38.0 Å². The fourth-order valence-electron chi connectivity index (χ4n) is 4.57. The van der Waals surface area contributed by atoms with Crippen molar-refractivity contribution < 1.29 is 9.53 Å². The van der Waals surface area contributed by atoms with Crippen LogP contribution in [0.1, 0.15) is 60.8 Å². The fraction of sp³-hybridized carbons (Fsp3) is 0.542. The van der Waals surface area contributed by atoms with Gasteiger partial charge in [-0.25, -0.2) is 0 Å². The first kappa shape index (κ1) is 21.4. The number of rotatable bonds is 9. The van der Waals surface area contributed by atoms with Crippen LogP contribution in [0, 0.1) is 6.92 Å². The third-order valence-electron chi connectivity index (χ3n) is 6.11. The van der Waals surface area contributed by atoms with E-state index in [1.807, 2.05) is 31.2 Å². The molecule has 158 valence electrons. The van der Waals surface area contributed by atoms with Crippen molar-refractivity contribution in [2.75, 3.05) is 26.7 Å². The van der Waals surface area contributed by atoms with Gasteiger partial charge in [0, 0.05) is 35.6 Å². The predicted octanol–water partition coefficient (Wildman–Crippen LogP) is 4.40. The first-order chi connectivity index (χ1) is 14.1. The zero-order chi connectivity index (χ0) is 20.8. The molecule has 1 aliphatic heterocycles. The van der Waals surface area contributed by atoms with Crippen LogP contribution in [0.5, 0.6) is 5.75 Å². The van der Waals surface area contributed by atoms with Crippen LogP contribution in [0.25, 0.3) is 11.1 Å². The van der Waals surface area contributed by atoms with E-state index in [0.717, 1.165) is 54.9 Å². The molecule has 1 aromatic carbocycles. The molecule has 0 unspecified atom stereocenters. The van der Waals surface area contributed by atoms with Gasteiger partial charge in [-0.1, -0.05) is 38.0 Å². The Hall–Kier alpha value is -2.27. The number of ether oxygens (including phenoxy) is 1. The van der Waals surface area contributed by atoms with E-state index in [2.05, 4.69) is 16.4 Å². The minimum absolute atomic E-state index is 0.363. The molecule has 2 heterocycles. The Morgan fingerprint density at radius 3 is 2.52 bits per heavy atom.